The molecule has 2 heterocycles. The van der Waals surface area contributed by atoms with Gasteiger partial charge in [-0.25, -0.2) is 14.5 Å². The van der Waals surface area contributed by atoms with Crippen LogP contribution in [0.5, 0.6) is 0 Å². The second kappa shape index (κ2) is 16.3. The van der Waals surface area contributed by atoms with Crippen LogP contribution in [0, 0.1) is 6.92 Å². The minimum atomic E-state index is -0.655. The fourth-order valence-corrected chi connectivity index (χ4v) is 5.01. The van der Waals surface area contributed by atoms with Crippen LogP contribution in [0.4, 0.5) is 16.5 Å². The molecule has 2 aromatic heterocycles. The van der Waals surface area contributed by atoms with Crippen LogP contribution in [0.3, 0.4) is 0 Å². The number of likely N-dealkylation sites (N-methyl/N-ethyl adjacent to an activating group) is 1. The van der Waals surface area contributed by atoms with E-state index in [1.165, 1.54) is 15.4 Å². The normalized spacial score (nSPS) is 10.9. The van der Waals surface area contributed by atoms with E-state index in [2.05, 4.69) is 27.5 Å². The first-order chi connectivity index (χ1) is 22.2. The number of amides is 4. The molecule has 4 rings (SSSR count). The van der Waals surface area contributed by atoms with E-state index in [-0.39, 0.29) is 42.2 Å². The summed E-state index contributed by atoms with van der Waals surface area (Å²) in [6.45, 7) is 6.64. The molecule has 0 bridgehead atoms. The highest BCUT2D eigenvalue weighted by molar-refractivity contribution is 5.97. The van der Waals surface area contributed by atoms with Crippen LogP contribution in [0.15, 0.2) is 70.0 Å². The second-order valence-electron chi connectivity index (χ2n) is 11.1. The number of benzene rings is 2. The third-order valence-corrected chi connectivity index (χ3v) is 7.76. The topological polar surface area (TPSA) is 138 Å². The molecule has 4 amide bonds. The van der Waals surface area contributed by atoms with Crippen LogP contribution in [-0.2, 0) is 17.6 Å². The Morgan fingerprint density at radius 1 is 0.957 bits per heavy atom. The molecule has 0 radical (unpaired) electrons. The standard InChI is InChI=1S/C35H42N6O5/c1-5-7-11-25-14-16-26(17-15-25)32(43)37-22-10-13-30(42)38-28-18-19-29-31(24(28)3)33(44)46-34(39-29)41(6-2)35(45)40(4)23-20-27-12-8-9-21-36-27/h8-9,12,14-19,21H,5-7,10-11,13,20,22-23H2,1-4H3,(H,37,43)(H,38,42). The van der Waals surface area contributed by atoms with E-state index in [9.17, 15) is 19.2 Å². The fraction of sp³-hybridized carbons (Fsp3) is 0.371. The van der Waals surface area contributed by atoms with Crippen molar-refractivity contribution in [1.82, 2.24) is 20.2 Å². The summed E-state index contributed by atoms with van der Waals surface area (Å²) in [4.78, 5) is 63.1. The van der Waals surface area contributed by atoms with Crippen LogP contribution >= 0.6 is 0 Å². The SMILES string of the molecule is CCCCc1ccc(C(=O)NCCCC(=O)Nc2ccc3nc(N(CC)C(=O)N(C)CCc4ccccn4)oc(=O)c3c2C)cc1. The van der Waals surface area contributed by atoms with Crippen LogP contribution in [0.25, 0.3) is 10.9 Å². The summed E-state index contributed by atoms with van der Waals surface area (Å²) in [6.07, 6.45) is 6.15. The molecule has 46 heavy (non-hydrogen) atoms. The van der Waals surface area contributed by atoms with Gasteiger partial charge in [-0.05, 0) is 80.6 Å². The number of aryl methyl sites for hydroxylation is 2. The monoisotopic (exact) mass is 626 g/mol. The zero-order chi connectivity index (χ0) is 33.1. The number of fused-ring (bicyclic) bond motifs is 1. The van der Waals surface area contributed by atoms with Gasteiger partial charge in [0.2, 0.25) is 5.91 Å². The Bertz CT molecular complexity index is 1700. The van der Waals surface area contributed by atoms with Gasteiger partial charge in [-0.1, -0.05) is 31.5 Å². The van der Waals surface area contributed by atoms with Crippen LogP contribution in [0.1, 0.15) is 66.7 Å². The molecule has 0 aliphatic carbocycles. The molecule has 4 aromatic rings. The van der Waals surface area contributed by atoms with Gasteiger partial charge in [0.1, 0.15) is 0 Å². The highest BCUT2D eigenvalue weighted by Gasteiger charge is 2.24. The molecule has 0 aliphatic heterocycles. The molecule has 11 nitrogen and oxygen atoms in total. The van der Waals surface area contributed by atoms with Crippen LogP contribution < -0.4 is 21.2 Å². The first kappa shape index (κ1) is 33.8. The predicted molar refractivity (Wildman–Crippen MR) is 179 cm³/mol. The molecule has 0 saturated carbocycles. The molecule has 0 saturated heterocycles. The Kier molecular flexibility index (Phi) is 12.0. The van der Waals surface area contributed by atoms with Crippen molar-refractivity contribution in [3.8, 4) is 0 Å². The van der Waals surface area contributed by atoms with Gasteiger partial charge in [0, 0.05) is 62.7 Å². The number of carbonyl (C=O) groups is 3. The Balaban J connectivity index is 1.33. The van der Waals surface area contributed by atoms with Gasteiger partial charge in [-0.2, -0.15) is 4.98 Å². The number of urea groups is 1. The Labute approximate surface area is 269 Å². The quantitative estimate of drug-likeness (QED) is 0.176. The maximum atomic E-state index is 13.2. The van der Waals surface area contributed by atoms with Crippen molar-refractivity contribution in [2.75, 3.05) is 36.9 Å². The first-order valence-electron chi connectivity index (χ1n) is 15.8. The summed E-state index contributed by atoms with van der Waals surface area (Å²) in [5, 5.41) is 5.93. The van der Waals surface area contributed by atoms with E-state index in [0.717, 1.165) is 25.0 Å². The van der Waals surface area contributed by atoms with Gasteiger partial charge in [0.25, 0.3) is 5.91 Å². The lowest BCUT2D eigenvalue weighted by Crippen LogP contribution is -2.42. The van der Waals surface area contributed by atoms with E-state index < -0.39 is 5.63 Å². The average Bonchev–Trinajstić information content (AvgIpc) is 3.06. The lowest BCUT2D eigenvalue weighted by molar-refractivity contribution is -0.116. The van der Waals surface area contributed by atoms with E-state index >= 15 is 0 Å². The minimum Gasteiger partial charge on any atom is -0.388 e. The van der Waals surface area contributed by atoms with Crippen molar-refractivity contribution in [3.63, 3.8) is 0 Å². The number of nitrogens with one attached hydrogen (secondary N) is 2. The predicted octanol–water partition coefficient (Wildman–Crippen LogP) is 5.50. The van der Waals surface area contributed by atoms with Crippen molar-refractivity contribution >= 4 is 40.5 Å². The third-order valence-electron chi connectivity index (χ3n) is 7.76. The molecular weight excluding hydrogens is 584 g/mol. The van der Waals surface area contributed by atoms with Crippen molar-refractivity contribution < 1.29 is 18.8 Å². The summed E-state index contributed by atoms with van der Waals surface area (Å²) < 4.78 is 5.53. The number of hydrogen-bond acceptors (Lipinski definition) is 7. The summed E-state index contributed by atoms with van der Waals surface area (Å²) in [6, 6.07) is 16.1. The number of pyridine rings is 1. The largest absolute Gasteiger partial charge is 0.388 e. The van der Waals surface area contributed by atoms with Gasteiger partial charge in [-0.3, -0.25) is 14.6 Å². The van der Waals surface area contributed by atoms with Gasteiger partial charge in [-0.15, -0.1) is 0 Å². The zero-order valence-corrected chi connectivity index (χ0v) is 27.0. The molecule has 11 heteroatoms. The van der Waals surface area contributed by atoms with Crippen molar-refractivity contribution in [1.29, 1.82) is 0 Å². The first-order valence-corrected chi connectivity index (χ1v) is 15.8. The van der Waals surface area contributed by atoms with E-state index in [1.54, 1.807) is 39.2 Å². The highest BCUT2D eigenvalue weighted by Crippen LogP contribution is 2.24. The van der Waals surface area contributed by atoms with Gasteiger partial charge >= 0.3 is 17.7 Å². The number of rotatable bonds is 14. The highest BCUT2D eigenvalue weighted by atomic mass is 16.4. The summed E-state index contributed by atoms with van der Waals surface area (Å²) >= 11 is 0. The lowest BCUT2D eigenvalue weighted by Gasteiger charge is -2.25. The molecule has 0 spiro atoms. The molecule has 2 aromatic carbocycles. The molecule has 0 fully saturated rings. The number of aromatic nitrogens is 2. The van der Waals surface area contributed by atoms with E-state index in [0.29, 0.717) is 48.3 Å². The van der Waals surface area contributed by atoms with Crippen molar-refractivity contribution in [2.45, 2.75) is 59.3 Å². The van der Waals surface area contributed by atoms with Crippen LogP contribution in [-0.4, -0.2) is 59.4 Å². The van der Waals surface area contributed by atoms with Crippen molar-refractivity contribution in [2.24, 2.45) is 0 Å². The van der Waals surface area contributed by atoms with E-state index in [4.69, 9.17) is 4.42 Å². The molecule has 2 N–H and O–H groups in total. The molecule has 0 aliphatic rings. The zero-order valence-electron chi connectivity index (χ0n) is 27.0. The van der Waals surface area contributed by atoms with Crippen LogP contribution in [0.2, 0.25) is 0 Å². The molecule has 0 atom stereocenters. The van der Waals surface area contributed by atoms with E-state index in [1.807, 2.05) is 42.5 Å². The second-order valence-corrected chi connectivity index (χ2v) is 11.1. The average molecular weight is 627 g/mol. The van der Waals surface area contributed by atoms with Gasteiger partial charge in [0.05, 0.1) is 10.9 Å². The molecule has 242 valence electrons. The number of unbranched alkanes of at least 4 members (excludes halogenated alkanes) is 1. The summed E-state index contributed by atoms with van der Waals surface area (Å²) in [5.74, 6) is -0.423. The molecule has 0 unspecified atom stereocenters. The molecular formula is C35H42N6O5. The van der Waals surface area contributed by atoms with Gasteiger partial charge in [0.15, 0.2) is 0 Å². The lowest BCUT2D eigenvalue weighted by atomic mass is 10.1. The smallest absolute Gasteiger partial charge is 0.348 e. The number of nitrogens with zero attached hydrogens (tertiary/aromatic N) is 4. The van der Waals surface area contributed by atoms with Crippen molar-refractivity contribution in [3.05, 3.63) is 93.6 Å². The summed E-state index contributed by atoms with van der Waals surface area (Å²) in [5.41, 5.74) is 3.33. The van der Waals surface area contributed by atoms with Gasteiger partial charge < -0.3 is 20.0 Å². The summed E-state index contributed by atoms with van der Waals surface area (Å²) in [7, 11) is 1.67. The number of carbonyl (C=O) groups excluding carboxylic acids is 3. The Morgan fingerprint density at radius 2 is 1.74 bits per heavy atom. The maximum absolute atomic E-state index is 13.2. The fourth-order valence-electron chi connectivity index (χ4n) is 5.01. The Morgan fingerprint density at radius 3 is 2.43 bits per heavy atom. The minimum absolute atomic E-state index is 0.0969. The number of anilines is 2. The number of hydrogen-bond donors (Lipinski definition) is 2. The maximum Gasteiger partial charge on any atom is 0.348 e. The Hall–Kier alpha value is -5.06. The third kappa shape index (κ3) is 8.77.